The molecule has 0 amide bonds. The van der Waals surface area contributed by atoms with Crippen LogP contribution >= 0.6 is 0 Å². The van der Waals surface area contributed by atoms with Crippen molar-refractivity contribution in [3.05, 3.63) is 47.8 Å². The minimum absolute atomic E-state index is 0.0915. The Kier molecular flexibility index (Phi) is 4.54. The SMILES string of the molecule is CC(NCc1cnn(CCO)c1)c1cccc(O)c1. The largest absolute Gasteiger partial charge is 0.508 e. The third-order valence-corrected chi connectivity index (χ3v) is 3.00. The number of aliphatic hydroxyl groups is 1. The number of aromatic nitrogens is 2. The topological polar surface area (TPSA) is 70.3 Å². The van der Waals surface area contributed by atoms with Crippen LogP contribution in [0.3, 0.4) is 0 Å². The van der Waals surface area contributed by atoms with Crippen molar-refractivity contribution in [1.82, 2.24) is 15.1 Å². The van der Waals surface area contributed by atoms with Gasteiger partial charge in [0, 0.05) is 24.3 Å². The Hall–Kier alpha value is -1.85. The van der Waals surface area contributed by atoms with Crippen LogP contribution in [0.2, 0.25) is 0 Å². The molecule has 1 unspecified atom stereocenters. The Morgan fingerprint density at radius 3 is 3.00 bits per heavy atom. The van der Waals surface area contributed by atoms with E-state index < -0.39 is 0 Å². The number of nitrogens with zero attached hydrogens (tertiary/aromatic N) is 2. The number of nitrogens with one attached hydrogen (secondary N) is 1. The fourth-order valence-corrected chi connectivity index (χ4v) is 1.91. The van der Waals surface area contributed by atoms with Crippen LogP contribution in [0.25, 0.3) is 0 Å². The molecule has 19 heavy (non-hydrogen) atoms. The van der Waals surface area contributed by atoms with E-state index in [9.17, 15) is 5.11 Å². The Morgan fingerprint density at radius 1 is 1.42 bits per heavy atom. The Morgan fingerprint density at radius 2 is 2.26 bits per heavy atom. The van der Waals surface area contributed by atoms with Crippen molar-refractivity contribution in [2.45, 2.75) is 26.1 Å². The van der Waals surface area contributed by atoms with Crippen molar-refractivity contribution in [2.24, 2.45) is 0 Å². The highest BCUT2D eigenvalue weighted by Crippen LogP contribution is 2.18. The van der Waals surface area contributed by atoms with Crippen molar-refractivity contribution in [3.63, 3.8) is 0 Å². The maximum atomic E-state index is 9.44. The summed E-state index contributed by atoms with van der Waals surface area (Å²) in [5.74, 6) is 0.280. The molecule has 0 aliphatic carbocycles. The van der Waals surface area contributed by atoms with Crippen LogP contribution in [0.15, 0.2) is 36.7 Å². The van der Waals surface area contributed by atoms with Gasteiger partial charge in [-0.25, -0.2) is 0 Å². The fourth-order valence-electron chi connectivity index (χ4n) is 1.91. The molecule has 0 bridgehead atoms. The van der Waals surface area contributed by atoms with E-state index in [2.05, 4.69) is 10.4 Å². The second-order valence-electron chi connectivity index (χ2n) is 4.53. The molecule has 0 radical (unpaired) electrons. The zero-order valence-electron chi connectivity index (χ0n) is 11.0. The monoisotopic (exact) mass is 261 g/mol. The van der Waals surface area contributed by atoms with Crippen LogP contribution < -0.4 is 5.32 Å². The van der Waals surface area contributed by atoms with E-state index in [1.165, 1.54) is 0 Å². The summed E-state index contributed by atoms with van der Waals surface area (Å²) in [4.78, 5) is 0. The van der Waals surface area contributed by atoms with Crippen LogP contribution in [0.5, 0.6) is 5.75 Å². The van der Waals surface area contributed by atoms with Crippen LogP contribution in [-0.2, 0) is 13.1 Å². The number of aromatic hydroxyl groups is 1. The van der Waals surface area contributed by atoms with Gasteiger partial charge in [-0.2, -0.15) is 5.10 Å². The lowest BCUT2D eigenvalue weighted by Gasteiger charge is -2.13. The number of benzene rings is 1. The van der Waals surface area contributed by atoms with Gasteiger partial charge in [0.05, 0.1) is 19.3 Å². The molecule has 0 spiro atoms. The number of phenolic OH excluding ortho intramolecular Hbond substituents is 1. The highest BCUT2D eigenvalue weighted by Gasteiger charge is 2.06. The quantitative estimate of drug-likeness (QED) is 0.735. The lowest BCUT2D eigenvalue weighted by atomic mass is 10.1. The number of aliphatic hydroxyl groups excluding tert-OH is 1. The number of hydrogen-bond donors (Lipinski definition) is 3. The highest BCUT2D eigenvalue weighted by molar-refractivity contribution is 5.29. The maximum absolute atomic E-state index is 9.44. The maximum Gasteiger partial charge on any atom is 0.115 e. The van der Waals surface area contributed by atoms with Crippen LogP contribution in [0.4, 0.5) is 0 Å². The van der Waals surface area contributed by atoms with Crippen molar-refractivity contribution in [2.75, 3.05) is 6.61 Å². The zero-order chi connectivity index (χ0) is 13.7. The summed E-state index contributed by atoms with van der Waals surface area (Å²) >= 11 is 0. The Balaban J connectivity index is 1.90. The molecule has 5 heteroatoms. The number of phenols is 1. The summed E-state index contributed by atoms with van der Waals surface area (Å²) in [5.41, 5.74) is 2.11. The molecule has 0 aliphatic rings. The minimum atomic E-state index is 0.0915. The summed E-state index contributed by atoms with van der Waals surface area (Å²) in [6.07, 6.45) is 3.70. The molecule has 1 aromatic heterocycles. The molecule has 1 atom stereocenters. The summed E-state index contributed by atoms with van der Waals surface area (Å²) in [6, 6.07) is 7.38. The summed E-state index contributed by atoms with van der Waals surface area (Å²) < 4.78 is 1.72. The smallest absolute Gasteiger partial charge is 0.115 e. The molecule has 1 aromatic carbocycles. The van der Waals surface area contributed by atoms with E-state index in [0.717, 1.165) is 11.1 Å². The molecule has 0 aliphatic heterocycles. The van der Waals surface area contributed by atoms with Gasteiger partial charge in [0.2, 0.25) is 0 Å². The third kappa shape index (κ3) is 3.81. The predicted octanol–water partition coefficient (Wildman–Crippen LogP) is 1.43. The first kappa shape index (κ1) is 13.6. The van der Waals surface area contributed by atoms with Gasteiger partial charge in [0.1, 0.15) is 5.75 Å². The average Bonchev–Trinajstić information content (AvgIpc) is 2.84. The molecular formula is C14H19N3O2. The summed E-state index contributed by atoms with van der Waals surface area (Å²) in [7, 11) is 0. The van der Waals surface area contributed by atoms with Gasteiger partial charge in [-0.3, -0.25) is 4.68 Å². The second kappa shape index (κ2) is 6.36. The highest BCUT2D eigenvalue weighted by atomic mass is 16.3. The first-order valence-electron chi connectivity index (χ1n) is 6.33. The van der Waals surface area contributed by atoms with Crippen LogP contribution in [0, 0.1) is 0 Å². The third-order valence-electron chi connectivity index (χ3n) is 3.00. The van der Waals surface area contributed by atoms with Gasteiger partial charge in [-0.1, -0.05) is 12.1 Å². The second-order valence-corrected chi connectivity index (χ2v) is 4.53. The van der Waals surface area contributed by atoms with E-state index in [4.69, 9.17) is 5.11 Å². The van der Waals surface area contributed by atoms with Crippen molar-refractivity contribution in [3.8, 4) is 5.75 Å². The first-order valence-corrected chi connectivity index (χ1v) is 6.33. The fraction of sp³-hybridized carbons (Fsp3) is 0.357. The molecular weight excluding hydrogens is 242 g/mol. The Bertz CT molecular complexity index is 525. The predicted molar refractivity (Wildman–Crippen MR) is 72.7 cm³/mol. The first-order chi connectivity index (χ1) is 9.19. The molecule has 0 saturated carbocycles. The van der Waals surface area contributed by atoms with Gasteiger partial charge in [-0.05, 0) is 24.6 Å². The van der Waals surface area contributed by atoms with E-state index in [1.54, 1.807) is 23.0 Å². The molecule has 2 aromatic rings. The minimum Gasteiger partial charge on any atom is -0.508 e. The van der Waals surface area contributed by atoms with Crippen molar-refractivity contribution < 1.29 is 10.2 Å². The van der Waals surface area contributed by atoms with Gasteiger partial charge < -0.3 is 15.5 Å². The lowest BCUT2D eigenvalue weighted by molar-refractivity contribution is 0.269. The summed E-state index contributed by atoms with van der Waals surface area (Å²) in [5, 5.41) is 25.8. The molecule has 2 rings (SSSR count). The molecule has 1 heterocycles. The van der Waals surface area contributed by atoms with E-state index in [1.807, 2.05) is 25.3 Å². The van der Waals surface area contributed by atoms with Crippen molar-refractivity contribution >= 4 is 0 Å². The van der Waals surface area contributed by atoms with E-state index in [0.29, 0.717) is 13.1 Å². The van der Waals surface area contributed by atoms with Gasteiger partial charge in [-0.15, -0.1) is 0 Å². The van der Waals surface area contributed by atoms with Crippen molar-refractivity contribution in [1.29, 1.82) is 0 Å². The Labute approximate surface area is 112 Å². The molecule has 0 fully saturated rings. The lowest BCUT2D eigenvalue weighted by Crippen LogP contribution is -2.17. The molecule has 102 valence electrons. The van der Waals surface area contributed by atoms with E-state index in [-0.39, 0.29) is 18.4 Å². The number of hydrogen-bond acceptors (Lipinski definition) is 4. The zero-order valence-corrected chi connectivity index (χ0v) is 11.0. The van der Waals surface area contributed by atoms with Crippen LogP contribution in [-0.4, -0.2) is 26.6 Å². The van der Waals surface area contributed by atoms with Gasteiger partial charge >= 0.3 is 0 Å². The molecule has 0 saturated heterocycles. The standard InChI is InChI=1S/C14H19N3O2/c1-11(13-3-2-4-14(19)7-13)15-8-12-9-16-17(10-12)5-6-18/h2-4,7,9-11,15,18-19H,5-6,8H2,1H3. The van der Waals surface area contributed by atoms with E-state index >= 15 is 0 Å². The average molecular weight is 261 g/mol. The van der Waals surface area contributed by atoms with Crippen LogP contribution in [0.1, 0.15) is 24.1 Å². The number of rotatable bonds is 6. The van der Waals surface area contributed by atoms with Gasteiger partial charge in [0.15, 0.2) is 0 Å². The normalized spacial score (nSPS) is 12.5. The molecule has 5 nitrogen and oxygen atoms in total. The summed E-state index contributed by atoms with van der Waals surface area (Å²) in [6.45, 7) is 3.35. The van der Waals surface area contributed by atoms with Gasteiger partial charge in [0.25, 0.3) is 0 Å². The molecule has 3 N–H and O–H groups in total.